The van der Waals surface area contributed by atoms with Crippen LogP contribution in [0.3, 0.4) is 0 Å². The minimum Gasteiger partial charge on any atom is -0.295 e. The van der Waals surface area contributed by atoms with E-state index in [-0.39, 0.29) is 18.7 Å². The van der Waals surface area contributed by atoms with Crippen LogP contribution in [-0.4, -0.2) is 46.9 Å². The largest absolute Gasteiger partial charge is 0.307 e. The molecule has 2 fully saturated rings. The smallest absolute Gasteiger partial charge is 0.295 e. The number of halogens is 3. The molecule has 1 aromatic carbocycles. The van der Waals surface area contributed by atoms with E-state index in [9.17, 15) is 18.0 Å². The Kier molecular flexibility index (Phi) is 3.07. The fourth-order valence-electron chi connectivity index (χ4n) is 3.41. The lowest BCUT2D eigenvalue weighted by Crippen LogP contribution is -2.45. The van der Waals surface area contributed by atoms with Gasteiger partial charge in [-0.2, -0.15) is 13.8 Å². The third-order valence-corrected chi connectivity index (χ3v) is 4.74. The summed E-state index contributed by atoms with van der Waals surface area (Å²) >= 11 is 0. The number of rotatable bonds is 3. The highest BCUT2D eigenvalue weighted by atomic mass is 19.3. The number of alkyl halides is 3. The maximum absolute atomic E-state index is 14.4. The second-order valence-corrected chi connectivity index (χ2v) is 6.34. The molecule has 0 spiro atoms. The van der Waals surface area contributed by atoms with Crippen molar-refractivity contribution in [3.8, 4) is 0 Å². The van der Waals surface area contributed by atoms with Crippen molar-refractivity contribution in [2.45, 2.75) is 37.1 Å². The number of likely N-dealkylation sites (N-methyl/N-ethyl adjacent to an activating group) is 1. The molecule has 0 bridgehead atoms. The van der Waals surface area contributed by atoms with Gasteiger partial charge in [-0.25, -0.2) is 9.38 Å². The molecule has 0 N–H and O–H groups in total. The number of carbonyl (C=O) groups is 1. The first-order chi connectivity index (χ1) is 10.9. The topological polar surface area (TPSA) is 35.9 Å². The molecule has 4 nitrogen and oxygen atoms in total. The highest BCUT2D eigenvalue weighted by molar-refractivity contribution is 5.98. The zero-order valence-corrected chi connectivity index (χ0v) is 12.5. The van der Waals surface area contributed by atoms with Gasteiger partial charge in [0.1, 0.15) is 6.17 Å². The first-order valence-corrected chi connectivity index (χ1v) is 7.61. The Morgan fingerprint density at radius 1 is 1.30 bits per heavy atom. The number of aliphatic imine (C=N–C) groups is 1. The first kappa shape index (κ1) is 14.7. The summed E-state index contributed by atoms with van der Waals surface area (Å²) in [6.45, 7) is 0. The van der Waals surface area contributed by atoms with Crippen LogP contribution in [0.2, 0.25) is 0 Å². The maximum atomic E-state index is 14.4. The Labute approximate surface area is 131 Å². The third-order valence-electron chi connectivity index (χ3n) is 4.74. The monoisotopic (exact) mass is 323 g/mol. The number of hydrogen-bond acceptors (Lipinski definition) is 4. The van der Waals surface area contributed by atoms with Crippen LogP contribution in [0.4, 0.5) is 13.2 Å². The molecule has 0 amide bonds. The van der Waals surface area contributed by atoms with Crippen LogP contribution in [0.25, 0.3) is 0 Å². The Balaban J connectivity index is 1.67. The average Bonchev–Trinajstić information content (AvgIpc) is 3.05. The number of ketones is 1. The van der Waals surface area contributed by atoms with E-state index < -0.39 is 36.0 Å². The van der Waals surface area contributed by atoms with Crippen molar-refractivity contribution in [3.05, 3.63) is 35.9 Å². The molecule has 1 aliphatic carbocycles. The molecule has 1 saturated carbocycles. The van der Waals surface area contributed by atoms with Crippen molar-refractivity contribution in [2.24, 2.45) is 10.9 Å². The zero-order valence-electron chi connectivity index (χ0n) is 12.5. The molecule has 0 aromatic heterocycles. The average molecular weight is 323 g/mol. The lowest BCUT2D eigenvalue weighted by molar-refractivity contribution is -0.128. The van der Waals surface area contributed by atoms with E-state index in [2.05, 4.69) is 4.99 Å². The number of nitrogens with zero attached hydrogens (tertiary/aromatic N) is 3. The highest BCUT2D eigenvalue weighted by Crippen LogP contribution is 2.47. The van der Waals surface area contributed by atoms with Crippen LogP contribution in [-0.2, 0) is 4.79 Å². The van der Waals surface area contributed by atoms with Crippen molar-refractivity contribution in [3.63, 3.8) is 0 Å². The molecule has 1 unspecified atom stereocenters. The Morgan fingerprint density at radius 2 is 1.96 bits per heavy atom. The van der Waals surface area contributed by atoms with E-state index in [1.165, 1.54) is 10.0 Å². The van der Waals surface area contributed by atoms with Crippen molar-refractivity contribution in [2.75, 3.05) is 7.05 Å². The van der Waals surface area contributed by atoms with Gasteiger partial charge in [0, 0.05) is 13.5 Å². The number of carbonyl (C=O) groups excluding carboxylic acids is 1. The summed E-state index contributed by atoms with van der Waals surface area (Å²) < 4.78 is 41.8. The highest BCUT2D eigenvalue weighted by Gasteiger charge is 2.59. The summed E-state index contributed by atoms with van der Waals surface area (Å²) in [6.07, 6.45) is -2.41. The summed E-state index contributed by atoms with van der Waals surface area (Å²) in [4.78, 5) is 16.2. The molecular formula is C16H16F3N3O. The van der Waals surface area contributed by atoms with Gasteiger partial charge < -0.3 is 0 Å². The first-order valence-electron chi connectivity index (χ1n) is 7.61. The minimum absolute atomic E-state index is 0.173. The van der Waals surface area contributed by atoms with E-state index in [1.54, 1.807) is 31.3 Å². The Bertz CT molecular complexity index is 678. The molecule has 3 aliphatic rings. The summed E-state index contributed by atoms with van der Waals surface area (Å²) in [6, 6.07) is 8.39. The molecule has 7 heteroatoms. The van der Waals surface area contributed by atoms with Gasteiger partial charge >= 0.3 is 5.92 Å². The predicted molar refractivity (Wildman–Crippen MR) is 77.6 cm³/mol. The third kappa shape index (κ3) is 2.17. The van der Waals surface area contributed by atoms with Gasteiger partial charge in [0.15, 0.2) is 17.8 Å². The van der Waals surface area contributed by atoms with E-state index >= 15 is 0 Å². The maximum Gasteiger partial charge on any atom is 0.307 e. The minimum atomic E-state index is -3.09. The molecular weight excluding hydrogens is 307 g/mol. The Morgan fingerprint density at radius 3 is 2.57 bits per heavy atom. The van der Waals surface area contributed by atoms with E-state index in [4.69, 9.17) is 0 Å². The summed E-state index contributed by atoms with van der Waals surface area (Å²) in [7, 11) is 1.56. The molecule has 122 valence electrons. The van der Waals surface area contributed by atoms with E-state index in [1.807, 2.05) is 6.07 Å². The lowest BCUT2D eigenvalue weighted by Gasteiger charge is -2.31. The van der Waals surface area contributed by atoms with Gasteiger partial charge in [-0.15, -0.1) is 0 Å². The van der Waals surface area contributed by atoms with Gasteiger partial charge in [0.05, 0.1) is 12.0 Å². The van der Waals surface area contributed by atoms with Crippen LogP contribution in [0, 0.1) is 5.92 Å². The van der Waals surface area contributed by atoms with E-state index in [0.29, 0.717) is 0 Å². The Hall–Kier alpha value is -1.89. The summed E-state index contributed by atoms with van der Waals surface area (Å²) in [5.74, 6) is -4.59. The lowest BCUT2D eigenvalue weighted by atomic mass is 10.0. The number of amidine groups is 1. The normalized spacial score (nSPS) is 35.1. The van der Waals surface area contributed by atoms with Gasteiger partial charge in [-0.1, -0.05) is 30.3 Å². The summed E-state index contributed by atoms with van der Waals surface area (Å²) in [5, 5.41) is 2.83. The molecule has 2 aliphatic heterocycles. The van der Waals surface area contributed by atoms with Gasteiger partial charge in [-0.05, 0) is 12.0 Å². The van der Waals surface area contributed by atoms with E-state index in [0.717, 1.165) is 5.56 Å². The van der Waals surface area contributed by atoms with Crippen molar-refractivity contribution < 1.29 is 18.0 Å². The number of fused-ring (bicyclic) bond motifs is 1. The second kappa shape index (κ2) is 4.80. The predicted octanol–water partition coefficient (Wildman–Crippen LogP) is 2.58. The van der Waals surface area contributed by atoms with Crippen molar-refractivity contribution >= 4 is 11.6 Å². The quantitative estimate of drug-likeness (QED) is 0.858. The molecule has 4 atom stereocenters. The number of hydrogen-bond donors (Lipinski definition) is 0. The van der Waals surface area contributed by atoms with Crippen LogP contribution in [0.15, 0.2) is 35.3 Å². The van der Waals surface area contributed by atoms with Gasteiger partial charge in [0.25, 0.3) is 0 Å². The molecule has 2 heterocycles. The van der Waals surface area contributed by atoms with Crippen LogP contribution >= 0.6 is 0 Å². The standard InChI is InChI=1S/C16H16F3N3O/c1-21-14(13(23)10-7-11(10)17)20-15-16(18,19)8-12(22(15)21)9-5-3-2-4-6-9/h2-6,10-12,14H,7-8H2,1H3/t10-,11-,12-,14?/m0/s1. The number of benzene rings is 1. The molecule has 0 radical (unpaired) electrons. The fourth-order valence-corrected chi connectivity index (χ4v) is 3.41. The van der Waals surface area contributed by atoms with Crippen molar-refractivity contribution in [1.29, 1.82) is 0 Å². The zero-order chi connectivity index (χ0) is 16.4. The van der Waals surface area contributed by atoms with Crippen molar-refractivity contribution in [1.82, 2.24) is 10.0 Å². The van der Waals surface area contributed by atoms with Gasteiger partial charge in [0.2, 0.25) is 0 Å². The molecule has 23 heavy (non-hydrogen) atoms. The van der Waals surface area contributed by atoms with Crippen LogP contribution in [0.1, 0.15) is 24.4 Å². The van der Waals surface area contributed by atoms with Crippen LogP contribution < -0.4 is 0 Å². The SMILES string of the molecule is CN1C(C(=O)[C@H]2C[C@@H]2F)N=C2N1[C@H](c1ccccc1)CC2(F)F. The molecule has 1 aromatic rings. The molecule has 4 rings (SSSR count). The van der Waals surface area contributed by atoms with Gasteiger partial charge in [-0.3, -0.25) is 9.80 Å². The fraction of sp³-hybridized carbons (Fsp3) is 0.500. The number of Topliss-reactive ketones (excluding diaryl/α,β-unsaturated/α-hetero) is 1. The summed E-state index contributed by atoms with van der Waals surface area (Å²) in [5.41, 5.74) is 0.743. The number of hydrazine groups is 1. The second-order valence-electron chi connectivity index (χ2n) is 6.34. The van der Waals surface area contributed by atoms with Crippen LogP contribution in [0.5, 0.6) is 0 Å². The molecule has 1 saturated heterocycles.